The lowest BCUT2D eigenvalue weighted by Gasteiger charge is -2.11. The van der Waals surface area contributed by atoms with Crippen LogP contribution in [0.25, 0.3) is 5.69 Å². The Bertz CT molecular complexity index is 1160. The van der Waals surface area contributed by atoms with Crippen LogP contribution < -0.4 is 15.4 Å². The number of aryl methyl sites for hydroxylation is 1. The molecule has 3 rings (SSSR count). The van der Waals surface area contributed by atoms with Gasteiger partial charge in [-0.25, -0.2) is 9.67 Å². The van der Waals surface area contributed by atoms with Gasteiger partial charge in [-0.05, 0) is 31.5 Å². The molecule has 2 amide bonds. The number of nitrogens with zero attached hydrogens (tertiary/aromatic N) is 3. The molecular weight excluding hydrogens is 463 g/mol. The van der Waals surface area contributed by atoms with Crippen LogP contribution in [0.4, 0.5) is 13.2 Å². The molecule has 1 aromatic carbocycles. The summed E-state index contributed by atoms with van der Waals surface area (Å²) >= 11 is 0. The molecule has 0 aliphatic rings. The molecule has 0 radical (unpaired) electrons. The number of hydrogen-bond donors (Lipinski definition) is 2. The van der Waals surface area contributed by atoms with E-state index in [0.717, 1.165) is 17.3 Å². The van der Waals surface area contributed by atoms with Gasteiger partial charge in [0.15, 0.2) is 5.69 Å². The number of alkyl halides is 3. The minimum Gasteiger partial charge on any atom is -0.478 e. The highest BCUT2D eigenvalue weighted by Crippen LogP contribution is 2.31. The first kappa shape index (κ1) is 25.7. The van der Waals surface area contributed by atoms with Crippen molar-refractivity contribution in [2.75, 3.05) is 19.7 Å². The van der Waals surface area contributed by atoms with Crippen LogP contribution in [0.5, 0.6) is 5.88 Å². The molecule has 35 heavy (non-hydrogen) atoms. The van der Waals surface area contributed by atoms with Gasteiger partial charge >= 0.3 is 6.18 Å². The molecule has 0 saturated carbocycles. The smallest absolute Gasteiger partial charge is 0.435 e. The number of amides is 2. The summed E-state index contributed by atoms with van der Waals surface area (Å²) < 4.78 is 46.8. The van der Waals surface area contributed by atoms with E-state index in [2.05, 4.69) is 20.7 Å². The van der Waals surface area contributed by atoms with Crippen molar-refractivity contribution in [3.8, 4) is 11.6 Å². The van der Waals surface area contributed by atoms with Gasteiger partial charge in [0.05, 0.1) is 29.1 Å². The van der Waals surface area contributed by atoms with Crippen molar-refractivity contribution in [2.24, 2.45) is 0 Å². The van der Waals surface area contributed by atoms with E-state index in [1.54, 1.807) is 42.5 Å². The van der Waals surface area contributed by atoms with Crippen molar-refractivity contribution >= 4 is 11.8 Å². The molecule has 2 heterocycles. The highest BCUT2D eigenvalue weighted by Gasteiger charge is 2.39. The van der Waals surface area contributed by atoms with E-state index < -0.39 is 29.2 Å². The molecule has 8 nitrogen and oxygen atoms in total. The second-order valence-electron chi connectivity index (χ2n) is 7.51. The van der Waals surface area contributed by atoms with Crippen LogP contribution in [0.3, 0.4) is 0 Å². The Hall–Kier alpha value is -3.89. The summed E-state index contributed by atoms with van der Waals surface area (Å²) in [6.45, 7) is 4.18. The molecular formula is C24H26F3N5O3. The van der Waals surface area contributed by atoms with Gasteiger partial charge in [0.1, 0.15) is 0 Å². The van der Waals surface area contributed by atoms with E-state index in [9.17, 15) is 22.8 Å². The van der Waals surface area contributed by atoms with Crippen molar-refractivity contribution in [2.45, 2.75) is 32.9 Å². The lowest BCUT2D eigenvalue weighted by Crippen LogP contribution is -2.35. The molecule has 0 spiro atoms. The maximum Gasteiger partial charge on any atom is 0.435 e. The number of aromatic nitrogens is 3. The molecule has 3 aromatic rings. The largest absolute Gasteiger partial charge is 0.478 e. The second-order valence-corrected chi connectivity index (χ2v) is 7.51. The summed E-state index contributed by atoms with van der Waals surface area (Å²) in [6.07, 6.45) is -2.42. The topological polar surface area (TPSA) is 98.1 Å². The SMILES string of the molecule is CCCc1nc(OCC)ccc1C(=O)NCCNC(=O)c1cn(-c2ccccc2)nc1C(F)(F)F. The molecule has 186 valence electrons. The van der Waals surface area contributed by atoms with Crippen molar-refractivity contribution in [1.82, 2.24) is 25.4 Å². The molecule has 11 heteroatoms. The first-order chi connectivity index (χ1) is 16.7. The van der Waals surface area contributed by atoms with Crippen LogP contribution in [-0.2, 0) is 12.6 Å². The van der Waals surface area contributed by atoms with E-state index in [1.807, 2.05) is 13.8 Å². The van der Waals surface area contributed by atoms with Gasteiger partial charge in [-0.15, -0.1) is 0 Å². The normalized spacial score (nSPS) is 11.2. The monoisotopic (exact) mass is 489 g/mol. The third kappa shape index (κ3) is 6.58. The first-order valence-electron chi connectivity index (χ1n) is 11.2. The molecule has 2 aromatic heterocycles. The van der Waals surface area contributed by atoms with E-state index in [0.29, 0.717) is 35.9 Å². The second kappa shape index (κ2) is 11.5. The van der Waals surface area contributed by atoms with Crippen LogP contribution in [0.2, 0.25) is 0 Å². The van der Waals surface area contributed by atoms with E-state index in [4.69, 9.17) is 4.74 Å². The van der Waals surface area contributed by atoms with Crippen molar-refractivity contribution in [3.63, 3.8) is 0 Å². The highest BCUT2D eigenvalue weighted by atomic mass is 19.4. The number of halogens is 3. The Labute approximate surface area is 200 Å². The fourth-order valence-electron chi connectivity index (χ4n) is 3.35. The zero-order chi connectivity index (χ0) is 25.4. The number of nitrogens with one attached hydrogen (secondary N) is 2. The Morgan fingerprint density at radius 2 is 1.63 bits per heavy atom. The standard InChI is InChI=1S/C24H26F3N5O3/c1-3-8-19-17(11-12-20(30-19)35-4-2)22(33)28-13-14-29-23(34)18-15-32(16-9-6-5-7-10-16)31-21(18)24(25,26)27/h5-7,9-12,15H,3-4,8,13-14H2,1-2H3,(H,28,33)(H,29,34). The molecule has 0 aliphatic heterocycles. The first-order valence-corrected chi connectivity index (χ1v) is 11.2. The summed E-state index contributed by atoms with van der Waals surface area (Å²) in [5, 5.41) is 8.62. The van der Waals surface area contributed by atoms with Crippen LogP contribution in [0.1, 0.15) is 52.4 Å². The summed E-state index contributed by atoms with van der Waals surface area (Å²) in [5.41, 5.74) is -0.536. The van der Waals surface area contributed by atoms with Gasteiger partial charge in [-0.2, -0.15) is 18.3 Å². The molecule has 0 bridgehead atoms. The van der Waals surface area contributed by atoms with Crippen molar-refractivity contribution < 1.29 is 27.5 Å². The summed E-state index contributed by atoms with van der Waals surface area (Å²) in [7, 11) is 0. The van der Waals surface area contributed by atoms with E-state index >= 15 is 0 Å². The quantitative estimate of drug-likeness (QED) is 0.422. The predicted molar refractivity (Wildman–Crippen MR) is 123 cm³/mol. The number of carbonyl (C=O) groups excluding carboxylic acids is 2. The maximum absolute atomic E-state index is 13.5. The van der Waals surface area contributed by atoms with Crippen LogP contribution in [0.15, 0.2) is 48.7 Å². The number of rotatable bonds is 10. The number of para-hydroxylation sites is 1. The Morgan fingerprint density at radius 3 is 2.23 bits per heavy atom. The van der Waals surface area contributed by atoms with E-state index in [-0.39, 0.29) is 13.1 Å². The summed E-state index contributed by atoms with van der Waals surface area (Å²) in [5.74, 6) is -0.912. The van der Waals surface area contributed by atoms with Crippen LogP contribution >= 0.6 is 0 Å². The highest BCUT2D eigenvalue weighted by molar-refractivity contribution is 5.96. The number of benzene rings is 1. The molecule has 0 aliphatic carbocycles. The molecule has 0 fully saturated rings. The average Bonchev–Trinajstić information content (AvgIpc) is 3.29. The van der Waals surface area contributed by atoms with Crippen LogP contribution in [-0.4, -0.2) is 46.3 Å². The lowest BCUT2D eigenvalue weighted by atomic mass is 10.1. The van der Waals surface area contributed by atoms with Gasteiger partial charge < -0.3 is 15.4 Å². The predicted octanol–water partition coefficient (Wildman–Crippen LogP) is 3.80. The average molecular weight is 489 g/mol. The summed E-state index contributed by atoms with van der Waals surface area (Å²) in [4.78, 5) is 29.5. The third-order valence-corrected chi connectivity index (χ3v) is 4.92. The molecule has 0 unspecified atom stereocenters. The Kier molecular flexibility index (Phi) is 8.45. The summed E-state index contributed by atoms with van der Waals surface area (Å²) in [6, 6.07) is 11.4. The zero-order valence-electron chi connectivity index (χ0n) is 19.4. The molecule has 0 saturated heterocycles. The molecule has 0 atom stereocenters. The minimum absolute atomic E-state index is 0.0114. The van der Waals surface area contributed by atoms with Crippen LogP contribution in [0, 0.1) is 0 Å². The van der Waals surface area contributed by atoms with Crippen molar-refractivity contribution in [3.05, 3.63) is 71.2 Å². The maximum atomic E-state index is 13.5. The zero-order valence-corrected chi connectivity index (χ0v) is 19.4. The lowest BCUT2D eigenvalue weighted by molar-refractivity contribution is -0.141. The van der Waals surface area contributed by atoms with Gasteiger partial charge in [0, 0.05) is 25.4 Å². The molecule has 2 N–H and O–H groups in total. The Morgan fingerprint density at radius 1 is 0.971 bits per heavy atom. The van der Waals surface area contributed by atoms with E-state index in [1.165, 1.54) is 0 Å². The number of carbonyl (C=O) groups is 2. The van der Waals surface area contributed by atoms with Gasteiger partial charge in [-0.1, -0.05) is 31.5 Å². The van der Waals surface area contributed by atoms with Crippen molar-refractivity contribution in [1.29, 1.82) is 0 Å². The van der Waals surface area contributed by atoms with Gasteiger partial charge in [0.2, 0.25) is 5.88 Å². The number of pyridine rings is 1. The third-order valence-electron chi connectivity index (χ3n) is 4.92. The fraction of sp³-hybridized carbons (Fsp3) is 0.333. The minimum atomic E-state index is -4.81. The fourth-order valence-corrected chi connectivity index (χ4v) is 3.35. The number of ether oxygens (including phenoxy) is 1. The van der Waals surface area contributed by atoms with Gasteiger partial charge in [0.25, 0.3) is 11.8 Å². The number of hydrogen-bond acceptors (Lipinski definition) is 5. The van der Waals surface area contributed by atoms with Gasteiger partial charge in [-0.3, -0.25) is 9.59 Å². The Balaban J connectivity index is 1.64.